The average molecular weight is 357 g/mol. The van der Waals surface area contributed by atoms with E-state index < -0.39 is 0 Å². The van der Waals surface area contributed by atoms with Gasteiger partial charge in [-0.15, -0.1) is 0 Å². The maximum absolute atomic E-state index is 4.02. The van der Waals surface area contributed by atoms with Gasteiger partial charge in [-0.1, -0.05) is 67.2 Å². The van der Waals surface area contributed by atoms with Crippen molar-refractivity contribution in [2.45, 2.75) is 6.54 Å². The zero-order valence-corrected chi connectivity index (χ0v) is 16.7. The van der Waals surface area contributed by atoms with E-state index in [-0.39, 0.29) is 0 Å². The van der Waals surface area contributed by atoms with E-state index >= 15 is 0 Å². The fraction of sp³-hybridized carbons (Fsp3) is 0.200. The lowest BCUT2D eigenvalue weighted by atomic mass is 9.94. The summed E-state index contributed by atoms with van der Waals surface area (Å²) in [6, 6.07) is 26.1. The van der Waals surface area contributed by atoms with Crippen molar-refractivity contribution >= 4 is 17.8 Å². The molecule has 0 spiro atoms. The van der Waals surface area contributed by atoms with E-state index in [0.717, 1.165) is 11.8 Å². The van der Waals surface area contributed by atoms with Crippen molar-refractivity contribution in [2.75, 3.05) is 33.1 Å². The van der Waals surface area contributed by atoms with Crippen LogP contribution in [-0.4, -0.2) is 33.1 Å². The van der Waals surface area contributed by atoms with E-state index in [2.05, 4.69) is 117 Å². The Kier molecular flexibility index (Phi) is 5.78. The van der Waals surface area contributed by atoms with Gasteiger partial charge in [0.2, 0.25) is 0 Å². The summed E-state index contributed by atoms with van der Waals surface area (Å²) in [4.78, 5) is 4.31. The molecule has 0 atom stereocenters. The Labute approximate surface area is 162 Å². The SMILES string of the molecule is C=c1ccc(=C(c2ccc(CN(C)C)cc2)c2ccc(N(C)C)cc2)cc1. The lowest BCUT2D eigenvalue weighted by Crippen LogP contribution is -2.13. The Bertz CT molecular complexity index is 974. The normalized spacial score (nSPS) is 10.9. The number of nitrogens with zero attached hydrogens (tertiary/aromatic N) is 2. The summed E-state index contributed by atoms with van der Waals surface area (Å²) in [6.45, 7) is 4.96. The third kappa shape index (κ3) is 4.66. The van der Waals surface area contributed by atoms with Gasteiger partial charge in [-0.2, -0.15) is 0 Å². The minimum Gasteiger partial charge on any atom is -0.378 e. The highest BCUT2D eigenvalue weighted by Crippen LogP contribution is 2.24. The predicted molar refractivity (Wildman–Crippen MR) is 117 cm³/mol. The zero-order valence-electron chi connectivity index (χ0n) is 16.7. The van der Waals surface area contributed by atoms with E-state index in [1.807, 2.05) is 0 Å². The van der Waals surface area contributed by atoms with E-state index in [1.54, 1.807) is 0 Å². The maximum atomic E-state index is 4.02. The molecule has 27 heavy (non-hydrogen) atoms. The van der Waals surface area contributed by atoms with Crippen LogP contribution in [0, 0.1) is 0 Å². The highest BCUT2D eigenvalue weighted by Gasteiger charge is 2.08. The second kappa shape index (κ2) is 8.24. The lowest BCUT2D eigenvalue weighted by Gasteiger charge is -2.15. The van der Waals surface area contributed by atoms with Crippen LogP contribution in [0.4, 0.5) is 5.69 Å². The van der Waals surface area contributed by atoms with Crippen molar-refractivity contribution in [1.29, 1.82) is 0 Å². The van der Waals surface area contributed by atoms with Gasteiger partial charge < -0.3 is 9.80 Å². The molecule has 0 fully saturated rings. The molecule has 3 aromatic rings. The van der Waals surface area contributed by atoms with Crippen LogP contribution in [0.2, 0.25) is 0 Å². The summed E-state index contributed by atoms with van der Waals surface area (Å²) in [5.41, 5.74) is 6.22. The topological polar surface area (TPSA) is 6.48 Å². The third-order valence-corrected chi connectivity index (χ3v) is 4.66. The molecule has 0 radical (unpaired) electrons. The molecule has 0 aliphatic carbocycles. The smallest absolute Gasteiger partial charge is 0.0361 e. The Morgan fingerprint density at radius 1 is 0.704 bits per heavy atom. The van der Waals surface area contributed by atoms with E-state index in [4.69, 9.17) is 0 Å². The number of hydrogen-bond acceptors (Lipinski definition) is 2. The number of rotatable bonds is 5. The molecule has 0 bridgehead atoms. The fourth-order valence-electron chi connectivity index (χ4n) is 3.24. The summed E-state index contributed by atoms with van der Waals surface area (Å²) < 4.78 is 0. The second-order valence-electron chi connectivity index (χ2n) is 7.45. The van der Waals surface area contributed by atoms with Crippen LogP contribution in [0.5, 0.6) is 0 Å². The maximum Gasteiger partial charge on any atom is 0.0361 e. The molecule has 138 valence electrons. The highest BCUT2D eigenvalue weighted by atomic mass is 15.1. The molecule has 0 heterocycles. The van der Waals surface area contributed by atoms with Gasteiger partial charge in [0.15, 0.2) is 0 Å². The largest absolute Gasteiger partial charge is 0.378 e. The molecular formula is C25H28N2. The molecule has 0 amide bonds. The molecular weight excluding hydrogens is 328 g/mol. The Balaban J connectivity index is 2.12. The molecule has 0 N–H and O–H groups in total. The predicted octanol–water partition coefficient (Wildman–Crippen LogP) is 3.47. The molecule has 2 nitrogen and oxygen atoms in total. The first-order valence-electron chi connectivity index (χ1n) is 9.25. The van der Waals surface area contributed by atoms with Gasteiger partial charge in [-0.05, 0) is 58.9 Å². The van der Waals surface area contributed by atoms with Gasteiger partial charge in [0.25, 0.3) is 0 Å². The van der Waals surface area contributed by atoms with E-state index in [9.17, 15) is 0 Å². The quantitative estimate of drug-likeness (QED) is 0.691. The van der Waals surface area contributed by atoms with Crippen LogP contribution >= 0.6 is 0 Å². The monoisotopic (exact) mass is 356 g/mol. The summed E-state index contributed by atoms with van der Waals surface area (Å²) in [6.07, 6.45) is 0. The van der Waals surface area contributed by atoms with E-state index in [0.29, 0.717) is 0 Å². The molecule has 3 aromatic carbocycles. The molecule has 2 heteroatoms. The molecule has 0 aliphatic rings. The molecule has 0 saturated carbocycles. The average Bonchev–Trinajstić information content (AvgIpc) is 2.65. The molecule has 0 saturated heterocycles. The van der Waals surface area contributed by atoms with Crippen LogP contribution in [-0.2, 0) is 6.54 Å². The minimum absolute atomic E-state index is 0.948. The zero-order chi connectivity index (χ0) is 19.4. The third-order valence-electron chi connectivity index (χ3n) is 4.66. The minimum atomic E-state index is 0.948. The van der Waals surface area contributed by atoms with Crippen molar-refractivity contribution < 1.29 is 0 Å². The number of benzene rings is 3. The second-order valence-corrected chi connectivity index (χ2v) is 7.45. The van der Waals surface area contributed by atoms with Gasteiger partial charge in [0, 0.05) is 26.3 Å². The van der Waals surface area contributed by atoms with Crippen molar-refractivity contribution in [3.63, 3.8) is 0 Å². The summed E-state index contributed by atoms with van der Waals surface area (Å²) in [7, 11) is 8.32. The molecule has 0 unspecified atom stereocenters. The Morgan fingerprint density at radius 3 is 1.70 bits per heavy atom. The van der Waals surface area contributed by atoms with Crippen molar-refractivity contribution in [1.82, 2.24) is 4.90 Å². The Morgan fingerprint density at radius 2 is 1.22 bits per heavy atom. The van der Waals surface area contributed by atoms with E-state index in [1.165, 1.54) is 33.2 Å². The molecule has 0 aliphatic heterocycles. The van der Waals surface area contributed by atoms with Gasteiger partial charge in [0.05, 0.1) is 0 Å². The van der Waals surface area contributed by atoms with Crippen LogP contribution in [0.3, 0.4) is 0 Å². The van der Waals surface area contributed by atoms with Gasteiger partial charge in [-0.3, -0.25) is 0 Å². The first kappa shape index (κ1) is 18.9. The van der Waals surface area contributed by atoms with Gasteiger partial charge in [0.1, 0.15) is 0 Å². The van der Waals surface area contributed by atoms with Crippen molar-refractivity contribution in [3.8, 4) is 0 Å². The summed E-state index contributed by atoms with van der Waals surface area (Å²) in [5, 5.41) is 2.24. The Hall–Kier alpha value is -2.84. The standard InChI is InChI=1S/C25H28N2/c1-19-6-10-21(11-7-19)25(23-14-16-24(17-15-23)27(4)5)22-12-8-20(9-13-22)18-26(2)3/h6-17H,1,18H2,2-5H3. The number of hydrogen-bond donors (Lipinski definition) is 0. The van der Waals surface area contributed by atoms with Gasteiger partial charge >= 0.3 is 0 Å². The van der Waals surface area contributed by atoms with Crippen LogP contribution in [0.25, 0.3) is 12.2 Å². The van der Waals surface area contributed by atoms with Crippen LogP contribution in [0.1, 0.15) is 16.7 Å². The first-order valence-corrected chi connectivity index (χ1v) is 9.25. The lowest BCUT2D eigenvalue weighted by molar-refractivity contribution is 0.402. The first-order chi connectivity index (χ1) is 12.9. The summed E-state index contributed by atoms with van der Waals surface area (Å²) >= 11 is 0. The number of anilines is 1. The fourth-order valence-corrected chi connectivity index (χ4v) is 3.24. The van der Waals surface area contributed by atoms with Crippen LogP contribution < -0.4 is 15.3 Å². The van der Waals surface area contributed by atoms with Crippen molar-refractivity contribution in [3.05, 3.63) is 99.9 Å². The van der Waals surface area contributed by atoms with Gasteiger partial charge in [-0.25, -0.2) is 0 Å². The summed E-state index contributed by atoms with van der Waals surface area (Å²) in [5.74, 6) is 0. The molecule has 3 rings (SSSR count). The molecule has 0 aromatic heterocycles. The van der Waals surface area contributed by atoms with Crippen LogP contribution in [0.15, 0.2) is 72.8 Å². The highest BCUT2D eigenvalue weighted by molar-refractivity contribution is 5.80. The van der Waals surface area contributed by atoms with Crippen molar-refractivity contribution in [2.24, 2.45) is 0 Å².